The zero-order chi connectivity index (χ0) is 14.8. The number of carbonyl (C=O) groups is 1. The average molecular weight is 298 g/mol. The van der Waals surface area contributed by atoms with Crippen molar-refractivity contribution in [3.63, 3.8) is 0 Å². The highest BCUT2D eigenvalue weighted by atomic mass is 32.1. The van der Waals surface area contributed by atoms with Crippen molar-refractivity contribution in [3.05, 3.63) is 46.0 Å². The maximum absolute atomic E-state index is 12.2. The Kier molecular flexibility index (Phi) is 3.69. The van der Waals surface area contributed by atoms with Crippen molar-refractivity contribution in [1.29, 1.82) is 5.26 Å². The summed E-state index contributed by atoms with van der Waals surface area (Å²) >= 11 is 1.52. The van der Waals surface area contributed by atoms with Gasteiger partial charge >= 0.3 is 0 Å². The average Bonchev–Trinajstić information content (AvgIpc) is 2.88. The van der Waals surface area contributed by atoms with Gasteiger partial charge < -0.3 is 4.90 Å². The van der Waals surface area contributed by atoms with Crippen LogP contribution in [-0.4, -0.2) is 29.4 Å². The fourth-order valence-corrected chi connectivity index (χ4v) is 3.36. The van der Waals surface area contributed by atoms with Gasteiger partial charge in [0.1, 0.15) is 0 Å². The summed E-state index contributed by atoms with van der Waals surface area (Å²) in [5, 5.41) is 12.3. The van der Waals surface area contributed by atoms with E-state index in [4.69, 9.17) is 5.26 Å². The number of hydrogen-bond donors (Lipinski definition) is 1. The molecule has 0 bridgehead atoms. The van der Waals surface area contributed by atoms with E-state index in [0.717, 1.165) is 25.2 Å². The van der Waals surface area contributed by atoms with Crippen LogP contribution in [0.3, 0.4) is 0 Å². The van der Waals surface area contributed by atoms with E-state index in [2.05, 4.69) is 22.2 Å². The predicted octanol–water partition coefficient (Wildman–Crippen LogP) is 2.25. The van der Waals surface area contributed by atoms with Crippen LogP contribution in [0.5, 0.6) is 0 Å². The van der Waals surface area contributed by atoms with Crippen LogP contribution in [0.25, 0.3) is 0 Å². The van der Waals surface area contributed by atoms with Crippen molar-refractivity contribution in [2.24, 2.45) is 0 Å². The van der Waals surface area contributed by atoms with Gasteiger partial charge in [0.15, 0.2) is 5.13 Å². The van der Waals surface area contributed by atoms with Gasteiger partial charge in [-0.3, -0.25) is 10.1 Å². The summed E-state index contributed by atoms with van der Waals surface area (Å²) in [7, 11) is 2.08. The summed E-state index contributed by atoms with van der Waals surface area (Å²) in [6.07, 6.45) is 0.919. The van der Waals surface area contributed by atoms with E-state index in [0.29, 0.717) is 16.3 Å². The minimum absolute atomic E-state index is 0.230. The molecule has 0 spiro atoms. The van der Waals surface area contributed by atoms with E-state index in [1.807, 2.05) is 6.07 Å². The molecule has 0 radical (unpaired) electrons. The highest BCUT2D eigenvalue weighted by Crippen LogP contribution is 2.28. The first-order valence-electron chi connectivity index (χ1n) is 6.64. The minimum atomic E-state index is -0.230. The SMILES string of the molecule is CN1CCc2nc(NC(=O)c3cccc(C#N)c3)sc2C1. The number of nitrogens with zero attached hydrogens (tertiary/aromatic N) is 3. The van der Waals surface area contributed by atoms with Crippen LogP contribution in [0.2, 0.25) is 0 Å². The molecule has 0 fully saturated rings. The molecule has 1 aromatic heterocycles. The van der Waals surface area contributed by atoms with Gasteiger partial charge in [0, 0.05) is 30.0 Å². The summed E-state index contributed by atoms with van der Waals surface area (Å²) < 4.78 is 0. The summed E-state index contributed by atoms with van der Waals surface area (Å²) in [6.45, 7) is 1.88. The second-order valence-corrected chi connectivity index (χ2v) is 6.11. The zero-order valence-corrected chi connectivity index (χ0v) is 12.4. The first kappa shape index (κ1) is 13.7. The van der Waals surface area contributed by atoms with Crippen LogP contribution in [0.1, 0.15) is 26.5 Å². The summed E-state index contributed by atoms with van der Waals surface area (Å²) in [5.41, 5.74) is 2.03. The Bertz CT molecular complexity index is 732. The number of aromatic nitrogens is 1. The highest BCUT2D eigenvalue weighted by molar-refractivity contribution is 7.15. The minimum Gasteiger partial charge on any atom is -0.301 e. The number of carbonyl (C=O) groups excluding carboxylic acids is 1. The van der Waals surface area contributed by atoms with Gasteiger partial charge in [-0.2, -0.15) is 5.26 Å². The number of rotatable bonds is 2. The highest BCUT2D eigenvalue weighted by Gasteiger charge is 2.19. The number of thiazole rings is 1. The van der Waals surface area contributed by atoms with Crippen molar-refractivity contribution in [2.75, 3.05) is 18.9 Å². The molecule has 1 aliphatic rings. The van der Waals surface area contributed by atoms with Gasteiger partial charge in [0.25, 0.3) is 5.91 Å². The number of benzene rings is 1. The Morgan fingerprint density at radius 1 is 1.52 bits per heavy atom. The normalized spacial score (nSPS) is 14.3. The van der Waals surface area contributed by atoms with Crippen LogP contribution in [0.15, 0.2) is 24.3 Å². The predicted molar refractivity (Wildman–Crippen MR) is 81.3 cm³/mol. The Morgan fingerprint density at radius 3 is 3.19 bits per heavy atom. The number of amides is 1. The maximum atomic E-state index is 12.2. The number of anilines is 1. The molecule has 106 valence electrons. The zero-order valence-electron chi connectivity index (χ0n) is 11.6. The number of nitriles is 1. The number of hydrogen-bond acceptors (Lipinski definition) is 5. The molecule has 6 heteroatoms. The monoisotopic (exact) mass is 298 g/mol. The van der Waals surface area contributed by atoms with Gasteiger partial charge in [0.2, 0.25) is 0 Å². The van der Waals surface area contributed by atoms with Gasteiger partial charge in [-0.05, 0) is 25.2 Å². The maximum Gasteiger partial charge on any atom is 0.257 e. The molecule has 0 saturated carbocycles. The lowest BCUT2D eigenvalue weighted by molar-refractivity contribution is 0.102. The van der Waals surface area contributed by atoms with Crippen molar-refractivity contribution in [3.8, 4) is 6.07 Å². The first-order chi connectivity index (χ1) is 10.2. The largest absolute Gasteiger partial charge is 0.301 e. The van der Waals surface area contributed by atoms with Crippen molar-refractivity contribution in [1.82, 2.24) is 9.88 Å². The molecule has 0 atom stereocenters. The van der Waals surface area contributed by atoms with Gasteiger partial charge in [-0.25, -0.2) is 4.98 Å². The standard InChI is InChI=1S/C15H14N4OS/c1-19-6-5-12-13(9-19)21-15(17-12)18-14(20)11-4-2-3-10(7-11)8-16/h2-4,7H,5-6,9H2,1H3,(H,17,18,20). The Balaban J connectivity index is 1.77. The summed E-state index contributed by atoms with van der Waals surface area (Å²) in [4.78, 5) is 20.1. The molecule has 2 aromatic rings. The van der Waals surface area contributed by atoms with Crippen LogP contribution >= 0.6 is 11.3 Å². The van der Waals surface area contributed by atoms with Crippen LogP contribution in [0, 0.1) is 11.3 Å². The van der Waals surface area contributed by atoms with E-state index in [1.54, 1.807) is 24.3 Å². The van der Waals surface area contributed by atoms with E-state index in [9.17, 15) is 4.79 Å². The summed E-state index contributed by atoms with van der Waals surface area (Å²) in [5.74, 6) is -0.230. The van der Waals surface area contributed by atoms with Gasteiger partial charge in [0.05, 0.1) is 17.3 Å². The van der Waals surface area contributed by atoms with Crippen molar-refractivity contribution >= 4 is 22.4 Å². The molecular weight excluding hydrogens is 284 g/mol. The van der Waals surface area contributed by atoms with Gasteiger partial charge in [-0.15, -0.1) is 11.3 Å². The smallest absolute Gasteiger partial charge is 0.257 e. The summed E-state index contributed by atoms with van der Waals surface area (Å²) in [6, 6.07) is 8.68. The first-order valence-corrected chi connectivity index (χ1v) is 7.46. The fourth-order valence-electron chi connectivity index (χ4n) is 2.28. The molecule has 1 aliphatic heterocycles. The van der Waals surface area contributed by atoms with E-state index < -0.39 is 0 Å². The third-order valence-electron chi connectivity index (χ3n) is 3.40. The molecule has 0 unspecified atom stereocenters. The fraction of sp³-hybridized carbons (Fsp3) is 0.267. The topological polar surface area (TPSA) is 69.0 Å². The Labute approximate surface area is 126 Å². The molecule has 1 aromatic carbocycles. The second-order valence-electron chi connectivity index (χ2n) is 5.02. The van der Waals surface area contributed by atoms with Gasteiger partial charge in [-0.1, -0.05) is 6.07 Å². The van der Waals surface area contributed by atoms with Crippen molar-refractivity contribution < 1.29 is 4.79 Å². The third kappa shape index (κ3) is 2.94. The van der Waals surface area contributed by atoms with E-state index in [-0.39, 0.29) is 5.91 Å². The lowest BCUT2D eigenvalue weighted by Crippen LogP contribution is -2.25. The molecular formula is C15H14N4OS. The quantitative estimate of drug-likeness (QED) is 0.923. The molecule has 3 rings (SSSR count). The molecule has 21 heavy (non-hydrogen) atoms. The Hall–Kier alpha value is -2.23. The van der Waals surface area contributed by atoms with Crippen molar-refractivity contribution in [2.45, 2.75) is 13.0 Å². The molecule has 2 heterocycles. The molecule has 1 N–H and O–H groups in total. The van der Waals surface area contributed by atoms with E-state index >= 15 is 0 Å². The molecule has 5 nitrogen and oxygen atoms in total. The van der Waals surface area contributed by atoms with Crippen LogP contribution in [0.4, 0.5) is 5.13 Å². The number of nitrogens with one attached hydrogen (secondary N) is 1. The second kappa shape index (κ2) is 5.64. The van der Waals surface area contributed by atoms with Crippen LogP contribution < -0.4 is 5.32 Å². The lowest BCUT2D eigenvalue weighted by atomic mass is 10.1. The lowest BCUT2D eigenvalue weighted by Gasteiger charge is -2.20. The van der Waals surface area contributed by atoms with Crippen LogP contribution in [-0.2, 0) is 13.0 Å². The Morgan fingerprint density at radius 2 is 2.38 bits per heavy atom. The molecule has 0 aliphatic carbocycles. The molecule has 0 saturated heterocycles. The third-order valence-corrected chi connectivity index (χ3v) is 4.39. The number of likely N-dealkylation sites (N-methyl/N-ethyl adjacent to an activating group) is 1. The molecule has 1 amide bonds. The van der Waals surface area contributed by atoms with E-state index in [1.165, 1.54) is 16.2 Å². The number of fused-ring (bicyclic) bond motifs is 1.